The van der Waals surface area contributed by atoms with Gasteiger partial charge in [0.2, 0.25) is 0 Å². The Hall–Kier alpha value is -2.92. The molecule has 1 aromatic heterocycles. The van der Waals surface area contributed by atoms with Gasteiger partial charge in [0.15, 0.2) is 0 Å². The van der Waals surface area contributed by atoms with Crippen LogP contribution in [0.15, 0.2) is 67.0 Å². The molecule has 0 atom stereocenters. The molecule has 3 aromatic rings. The van der Waals surface area contributed by atoms with Crippen LogP contribution in [0, 0.1) is 0 Å². The maximum Gasteiger partial charge on any atom is 0.251 e. The fourth-order valence-electron chi connectivity index (χ4n) is 3.54. The third-order valence-corrected chi connectivity index (χ3v) is 5.13. The average Bonchev–Trinajstić information content (AvgIpc) is 2.74. The number of hydrogen-bond donors (Lipinski definition) is 1. The van der Waals surface area contributed by atoms with Crippen molar-refractivity contribution in [3.8, 4) is 0 Å². The largest absolute Gasteiger partial charge is 0.369 e. The Morgan fingerprint density at radius 1 is 0.926 bits per heavy atom. The highest BCUT2D eigenvalue weighted by Gasteiger charge is 2.17. The van der Waals surface area contributed by atoms with Gasteiger partial charge in [0.1, 0.15) is 0 Å². The monoisotopic (exact) mass is 360 g/mol. The Labute approximate surface area is 159 Å². The summed E-state index contributed by atoms with van der Waals surface area (Å²) in [6.07, 6.45) is 3.67. The molecule has 2 heterocycles. The zero-order chi connectivity index (χ0) is 18.5. The van der Waals surface area contributed by atoms with Crippen LogP contribution in [0.5, 0.6) is 0 Å². The molecule has 138 valence electrons. The summed E-state index contributed by atoms with van der Waals surface area (Å²) in [6, 6.07) is 18.1. The molecule has 1 saturated heterocycles. The normalized spacial score (nSPS) is 15.0. The molecule has 0 unspecified atom stereocenters. The Kier molecular flexibility index (Phi) is 5.30. The zero-order valence-electron chi connectivity index (χ0n) is 15.3. The number of carbonyl (C=O) groups excluding carboxylic acids is 1. The summed E-state index contributed by atoms with van der Waals surface area (Å²) in [6.45, 7) is 5.57. The SMILES string of the molecule is O=C(NCCN1CCN(c2ccncc2)CC1)c1ccc2ccccc2c1. The minimum absolute atomic E-state index is 0.00354. The maximum atomic E-state index is 12.4. The molecule has 0 radical (unpaired) electrons. The Morgan fingerprint density at radius 2 is 1.67 bits per heavy atom. The molecule has 2 aromatic carbocycles. The third-order valence-electron chi connectivity index (χ3n) is 5.13. The van der Waals surface area contributed by atoms with Gasteiger partial charge in [-0.15, -0.1) is 0 Å². The van der Waals surface area contributed by atoms with Crippen molar-refractivity contribution >= 4 is 22.4 Å². The molecule has 0 saturated carbocycles. The van der Waals surface area contributed by atoms with Gasteiger partial charge in [-0.05, 0) is 35.0 Å². The lowest BCUT2D eigenvalue weighted by atomic mass is 10.1. The van der Waals surface area contributed by atoms with Gasteiger partial charge in [0.05, 0.1) is 0 Å². The van der Waals surface area contributed by atoms with Crippen molar-refractivity contribution in [2.75, 3.05) is 44.2 Å². The van der Waals surface area contributed by atoms with E-state index in [0.29, 0.717) is 6.54 Å². The molecule has 5 heteroatoms. The van der Waals surface area contributed by atoms with E-state index in [1.54, 1.807) is 0 Å². The van der Waals surface area contributed by atoms with Crippen molar-refractivity contribution in [1.82, 2.24) is 15.2 Å². The first kappa shape index (κ1) is 17.5. The summed E-state index contributed by atoms with van der Waals surface area (Å²) in [5.41, 5.74) is 1.95. The Bertz CT molecular complexity index is 904. The van der Waals surface area contributed by atoms with Crippen molar-refractivity contribution in [3.05, 3.63) is 72.6 Å². The first-order chi connectivity index (χ1) is 13.3. The van der Waals surface area contributed by atoms with Crippen molar-refractivity contribution in [2.24, 2.45) is 0 Å². The molecule has 0 bridgehead atoms. The summed E-state index contributed by atoms with van der Waals surface area (Å²) < 4.78 is 0. The number of benzene rings is 2. The fraction of sp³-hybridized carbons (Fsp3) is 0.273. The predicted octanol–water partition coefficient (Wildman–Crippen LogP) is 2.79. The number of fused-ring (bicyclic) bond motifs is 1. The van der Waals surface area contributed by atoms with E-state index in [-0.39, 0.29) is 5.91 Å². The van der Waals surface area contributed by atoms with Crippen molar-refractivity contribution in [2.45, 2.75) is 0 Å². The Balaban J connectivity index is 1.24. The minimum Gasteiger partial charge on any atom is -0.369 e. The van der Waals surface area contributed by atoms with Crippen molar-refractivity contribution in [1.29, 1.82) is 0 Å². The van der Waals surface area contributed by atoms with Crippen LogP contribution in [-0.4, -0.2) is 55.1 Å². The number of amides is 1. The van der Waals surface area contributed by atoms with E-state index in [2.05, 4.69) is 38.3 Å². The predicted molar refractivity (Wildman–Crippen MR) is 109 cm³/mol. The lowest BCUT2D eigenvalue weighted by molar-refractivity contribution is 0.0948. The molecular weight excluding hydrogens is 336 g/mol. The van der Waals surface area contributed by atoms with Crippen LogP contribution in [0.4, 0.5) is 5.69 Å². The second-order valence-corrected chi connectivity index (χ2v) is 6.85. The van der Waals surface area contributed by atoms with Gasteiger partial charge in [0, 0.05) is 62.9 Å². The molecule has 0 aliphatic carbocycles. The van der Waals surface area contributed by atoms with Crippen molar-refractivity contribution in [3.63, 3.8) is 0 Å². The summed E-state index contributed by atoms with van der Waals surface area (Å²) in [7, 11) is 0. The first-order valence-corrected chi connectivity index (χ1v) is 9.44. The van der Waals surface area contributed by atoms with E-state index in [4.69, 9.17) is 0 Å². The molecule has 0 spiro atoms. The van der Waals surface area contributed by atoms with Gasteiger partial charge in [-0.3, -0.25) is 14.7 Å². The topological polar surface area (TPSA) is 48.5 Å². The second kappa shape index (κ2) is 8.18. The first-order valence-electron chi connectivity index (χ1n) is 9.44. The van der Waals surface area contributed by atoms with E-state index < -0.39 is 0 Å². The molecule has 4 rings (SSSR count). The van der Waals surface area contributed by atoms with Gasteiger partial charge < -0.3 is 10.2 Å². The van der Waals surface area contributed by atoms with Crippen LogP contribution in [0.25, 0.3) is 10.8 Å². The number of rotatable bonds is 5. The van der Waals surface area contributed by atoms with E-state index in [9.17, 15) is 4.79 Å². The standard InChI is InChI=1S/C22H24N4O/c27-22(20-6-5-18-3-1-2-4-19(18)17-20)24-11-12-25-13-15-26(16-14-25)21-7-9-23-10-8-21/h1-10,17H,11-16H2,(H,24,27). The molecule has 1 fully saturated rings. The maximum absolute atomic E-state index is 12.4. The number of anilines is 1. The lowest BCUT2D eigenvalue weighted by Gasteiger charge is -2.36. The van der Waals surface area contributed by atoms with E-state index in [0.717, 1.165) is 49.1 Å². The molecule has 5 nitrogen and oxygen atoms in total. The fourth-order valence-corrected chi connectivity index (χ4v) is 3.54. The van der Waals surface area contributed by atoms with Gasteiger partial charge in [0.25, 0.3) is 5.91 Å². The average molecular weight is 360 g/mol. The summed E-state index contributed by atoms with van der Waals surface area (Å²) >= 11 is 0. The number of piperazine rings is 1. The molecular formula is C22H24N4O. The van der Waals surface area contributed by atoms with E-state index in [1.807, 2.05) is 48.8 Å². The van der Waals surface area contributed by atoms with E-state index >= 15 is 0 Å². The van der Waals surface area contributed by atoms with Gasteiger partial charge >= 0.3 is 0 Å². The molecule has 1 amide bonds. The quantitative estimate of drug-likeness (QED) is 0.760. The summed E-state index contributed by atoms with van der Waals surface area (Å²) in [5, 5.41) is 5.30. The number of nitrogens with one attached hydrogen (secondary N) is 1. The van der Waals surface area contributed by atoms with Crippen LogP contribution >= 0.6 is 0 Å². The van der Waals surface area contributed by atoms with Crippen LogP contribution in [-0.2, 0) is 0 Å². The second-order valence-electron chi connectivity index (χ2n) is 6.85. The molecule has 1 N–H and O–H groups in total. The minimum atomic E-state index is -0.00354. The number of nitrogens with zero attached hydrogens (tertiary/aromatic N) is 3. The van der Waals surface area contributed by atoms with E-state index in [1.165, 1.54) is 5.69 Å². The van der Waals surface area contributed by atoms with Crippen LogP contribution in [0.1, 0.15) is 10.4 Å². The highest BCUT2D eigenvalue weighted by molar-refractivity contribution is 5.98. The van der Waals surface area contributed by atoms with Crippen molar-refractivity contribution < 1.29 is 4.79 Å². The number of aromatic nitrogens is 1. The third kappa shape index (κ3) is 4.26. The van der Waals surface area contributed by atoms with Crippen LogP contribution in [0.3, 0.4) is 0 Å². The van der Waals surface area contributed by atoms with Crippen LogP contribution in [0.2, 0.25) is 0 Å². The smallest absolute Gasteiger partial charge is 0.251 e. The zero-order valence-corrected chi connectivity index (χ0v) is 15.3. The van der Waals surface area contributed by atoms with Crippen LogP contribution < -0.4 is 10.2 Å². The lowest BCUT2D eigenvalue weighted by Crippen LogP contribution is -2.48. The number of pyridine rings is 1. The summed E-state index contributed by atoms with van der Waals surface area (Å²) in [4.78, 5) is 21.3. The molecule has 1 aliphatic heterocycles. The molecule has 27 heavy (non-hydrogen) atoms. The molecule has 1 aliphatic rings. The number of hydrogen-bond acceptors (Lipinski definition) is 4. The van der Waals surface area contributed by atoms with Gasteiger partial charge in [-0.25, -0.2) is 0 Å². The highest BCUT2D eigenvalue weighted by Crippen LogP contribution is 2.16. The Morgan fingerprint density at radius 3 is 2.44 bits per heavy atom. The highest BCUT2D eigenvalue weighted by atomic mass is 16.1. The summed E-state index contributed by atoms with van der Waals surface area (Å²) in [5.74, 6) is -0.00354. The number of carbonyl (C=O) groups is 1. The van der Waals surface area contributed by atoms with Gasteiger partial charge in [-0.2, -0.15) is 0 Å². The van der Waals surface area contributed by atoms with Gasteiger partial charge in [-0.1, -0.05) is 30.3 Å².